The van der Waals surface area contributed by atoms with Crippen molar-refractivity contribution in [3.05, 3.63) is 81.4 Å². The van der Waals surface area contributed by atoms with E-state index in [1.807, 2.05) is 24.3 Å². The van der Waals surface area contributed by atoms with Gasteiger partial charge in [0.1, 0.15) is 22.8 Å². The predicted molar refractivity (Wildman–Crippen MR) is 142 cm³/mol. The lowest BCUT2D eigenvalue weighted by Gasteiger charge is -2.45. The molecule has 0 amide bonds. The van der Waals surface area contributed by atoms with Crippen molar-refractivity contribution in [3.63, 3.8) is 0 Å². The van der Waals surface area contributed by atoms with Gasteiger partial charge in [0, 0.05) is 41.8 Å². The first-order chi connectivity index (χ1) is 19.1. The summed E-state index contributed by atoms with van der Waals surface area (Å²) >= 11 is 0. The Morgan fingerprint density at radius 1 is 0.975 bits per heavy atom. The molecule has 2 atom stereocenters. The van der Waals surface area contributed by atoms with Gasteiger partial charge in [-0.2, -0.15) is 0 Å². The number of methoxy groups -OCH3 is 1. The summed E-state index contributed by atoms with van der Waals surface area (Å²) in [5.74, 6) is -3.25. The third kappa shape index (κ3) is 3.79. The standard InChI is InChI=1S/C30H29NO9/c1-29(39-10-11-40-29)30(37)12-18-22(20(32)13-30)28(36)24-23(26(18)34)25(33)17-4-3-5-19(21(17)27(24)35)31-14-15-6-8-16(38-2)9-7-15/h3-9,20,31-32,34,36-37H,10-14H2,1-2H3/t20-,30-/m0/s1. The van der Waals surface area contributed by atoms with Crippen molar-refractivity contribution >= 4 is 17.3 Å². The predicted octanol–water partition coefficient (Wildman–Crippen LogP) is 2.97. The first-order valence-electron chi connectivity index (χ1n) is 13.0. The lowest BCUT2D eigenvalue weighted by molar-refractivity contribution is -0.269. The van der Waals surface area contributed by atoms with Gasteiger partial charge < -0.3 is 40.0 Å². The van der Waals surface area contributed by atoms with Crippen LogP contribution < -0.4 is 10.1 Å². The normalized spacial score (nSPS) is 22.9. The molecule has 1 saturated heterocycles. The smallest absolute Gasteiger partial charge is 0.200 e. The summed E-state index contributed by atoms with van der Waals surface area (Å²) in [7, 11) is 1.58. The molecule has 1 aliphatic heterocycles. The molecule has 10 nitrogen and oxygen atoms in total. The van der Waals surface area contributed by atoms with E-state index in [1.165, 1.54) is 6.07 Å². The van der Waals surface area contributed by atoms with Crippen molar-refractivity contribution in [1.29, 1.82) is 0 Å². The molecular formula is C30H29NO9. The molecule has 3 aromatic carbocycles. The number of aliphatic hydroxyl groups excluding tert-OH is 1. The van der Waals surface area contributed by atoms with Gasteiger partial charge in [0.05, 0.1) is 43.1 Å². The SMILES string of the molecule is COc1ccc(CNc2cccc3c2C(=O)c2c(O)c4c(c(O)c2C3=O)C[C@@](O)(C2(C)OCCO2)C[C@@H]4O)cc1. The molecule has 3 aliphatic rings. The van der Waals surface area contributed by atoms with Crippen LogP contribution in [0.25, 0.3) is 0 Å². The van der Waals surface area contributed by atoms with Gasteiger partial charge in [-0.15, -0.1) is 0 Å². The van der Waals surface area contributed by atoms with E-state index < -0.39 is 40.6 Å². The molecule has 10 heteroatoms. The van der Waals surface area contributed by atoms with Gasteiger partial charge in [0.25, 0.3) is 0 Å². The number of carbonyl (C=O) groups excluding carboxylic acids is 2. The second-order valence-electron chi connectivity index (χ2n) is 10.5. The maximum absolute atomic E-state index is 13.9. The number of aliphatic hydroxyl groups is 2. The van der Waals surface area contributed by atoms with E-state index >= 15 is 0 Å². The Hall–Kier alpha value is -3.96. The van der Waals surface area contributed by atoms with Crippen molar-refractivity contribution in [3.8, 4) is 17.2 Å². The minimum absolute atomic E-state index is 0.0313. The zero-order valence-corrected chi connectivity index (χ0v) is 22.0. The number of phenols is 2. The molecule has 0 spiro atoms. The van der Waals surface area contributed by atoms with Gasteiger partial charge in [-0.1, -0.05) is 24.3 Å². The number of phenolic OH excluding ortho intramolecular Hbond substituents is 2. The highest BCUT2D eigenvalue weighted by molar-refractivity contribution is 6.32. The summed E-state index contributed by atoms with van der Waals surface area (Å²) in [6, 6.07) is 12.1. The van der Waals surface area contributed by atoms with Crippen molar-refractivity contribution < 1.29 is 44.2 Å². The Kier molecular flexibility index (Phi) is 6.11. The Morgan fingerprint density at radius 3 is 2.33 bits per heavy atom. The number of hydrogen-bond donors (Lipinski definition) is 5. The number of nitrogens with one attached hydrogen (secondary N) is 1. The van der Waals surface area contributed by atoms with Gasteiger partial charge in [0.15, 0.2) is 17.4 Å². The lowest BCUT2D eigenvalue weighted by atomic mass is 9.70. The molecule has 40 heavy (non-hydrogen) atoms. The number of carbonyl (C=O) groups is 2. The van der Waals surface area contributed by atoms with Crippen molar-refractivity contribution in [2.24, 2.45) is 0 Å². The van der Waals surface area contributed by atoms with Crippen molar-refractivity contribution in [1.82, 2.24) is 0 Å². The molecule has 1 fully saturated rings. The molecule has 6 rings (SSSR count). The maximum atomic E-state index is 13.9. The topological polar surface area (TPSA) is 155 Å². The fourth-order valence-corrected chi connectivity index (χ4v) is 6.02. The molecule has 0 saturated carbocycles. The third-order valence-corrected chi connectivity index (χ3v) is 8.24. The second-order valence-corrected chi connectivity index (χ2v) is 10.5. The Morgan fingerprint density at radius 2 is 1.65 bits per heavy atom. The van der Waals surface area contributed by atoms with Crippen molar-refractivity contribution in [2.75, 3.05) is 25.6 Å². The minimum atomic E-state index is -1.77. The van der Waals surface area contributed by atoms with E-state index in [0.29, 0.717) is 18.0 Å². The highest BCUT2D eigenvalue weighted by atomic mass is 16.7. The van der Waals surface area contributed by atoms with Crippen molar-refractivity contribution in [2.45, 2.75) is 43.8 Å². The number of anilines is 1. The molecule has 208 valence electrons. The van der Waals surface area contributed by atoms with Crippen LogP contribution in [0.3, 0.4) is 0 Å². The van der Waals surface area contributed by atoms with Crippen LogP contribution in [-0.4, -0.2) is 63.7 Å². The summed E-state index contributed by atoms with van der Waals surface area (Å²) in [5, 5.41) is 48.4. The van der Waals surface area contributed by atoms with Crippen LogP contribution in [0, 0.1) is 0 Å². The molecule has 0 unspecified atom stereocenters. The fraction of sp³-hybridized carbons (Fsp3) is 0.333. The van der Waals surface area contributed by atoms with E-state index in [2.05, 4.69) is 5.32 Å². The second kappa shape index (κ2) is 9.31. The molecule has 2 aliphatic carbocycles. The number of ether oxygens (including phenoxy) is 3. The maximum Gasteiger partial charge on any atom is 0.200 e. The number of ketones is 2. The van der Waals surface area contributed by atoms with Gasteiger partial charge in [-0.25, -0.2) is 0 Å². The molecule has 0 bridgehead atoms. The van der Waals surface area contributed by atoms with E-state index in [9.17, 15) is 30.0 Å². The average Bonchev–Trinajstić information content (AvgIpc) is 3.40. The number of fused-ring (bicyclic) bond motifs is 3. The summed E-state index contributed by atoms with van der Waals surface area (Å²) in [6.45, 7) is 2.36. The van der Waals surface area contributed by atoms with Crippen LogP contribution in [0.5, 0.6) is 17.2 Å². The summed E-state index contributed by atoms with van der Waals surface area (Å²) in [6.07, 6.45) is -2.03. The minimum Gasteiger partial charge on any atom is -0.507 e. The van der Waals surface area contributed by atoms with Gasteiger partial charge in [0.2, 0.25) is 0 Å². The van der Waals surface area contributed by atoms with Crippen LogP contribution in [0.15, 0.2) is 42.5 Å². The van der Waals surface area contributed by atoms with Crippen LogP contribution in [0.2, 0.25) is 0 Å². The van der Waals surface area contributed by atoms with E-state index in [0.717, 1.165) is 5.56 Å². The van der Waals surface area contributed by atoms with Crippen LogP contribution in [0.4, 0.5) is 5.69 Å². The van der Waals surface area contributed by atoms with E-state index in [-0.39, 0.29) is 59.4 Å². The number of rotatable bonds is 5. The lowest BCUT2D eigenvalue weighted by Crippen LogP contribution is -2.57. The molecular weight excluding hydrogens is 518 g/mol. The van der Waals surface area contributed by atoms with Crippen LogP contribution in [0.1, 0.15) is 68.0 Å². The van der Waals surface area contributed by atoms with E-state index in [4.69, 9.17) is 14.2 Å². The third-order valence-electron chi connectivity index (χ3n) is 8.24. The summed E-state index contributed by atoms with van der Waals surface area (Å²) in [4.78, 5) is 27.6. The van der Waals surface area contributed by atoms with Gasteiger partial charge in [-0.05, 0) is 30.7 Å². The highest BCUT2D eigenvalue weighted by Gasteiger charge is 2.56. The largest absolute Gasteiger partial charge is 0.507 e. The van der Waals surface area contributed by atoms with Crippen LogP contribution >= 0.6 is 0 Å². The zero-order valence-electron chi connectivity index (χ0n) is 22.0. The Balaban J connectivity index is 1.41. The Labute approximate surface area is 229 Å². The average molecular weight is 548 g/mol. The van der Waals surface area contributed by atoms with Gasteiger partial charge >= 0.3 is 0 Å². The van der Waals surface area contributed by atoms with Crippen LogP contribution in [-0.2, 0) is 22.4 Å². The number of benzene rings is 3. The first-order valence-corrected chi connectivity index (χ1v) is 13.0. The molecule has 0 radical (unpaired) electrons. The number of hydrogen-bond acceptors (Lipinski definition) is 10. The fourth-order valence-electron chi connectivity index (χ4n) is 6.02. The summed E-state index contributed by atoms with van der Waals surface area (Å²) in [5.41, 5.74) is -1.24. The highest BCUT2D eigenvalue weighted by Crippen LogP contribution is 2.53. The Bertz CT molecular complexity index is 1540. The molecule has 3 aromatic rings. The van der Waals surface area contributed by atoms with E-state index in [1.54, 1.807) is 26.2 Å². The van der Waals surface area contributed by atoms with Gasteiger partial charge in [-0.3, -0.25) is 9.59 Å². The molecule has 5 N–H and O–H groups in total. The monoisotopic (exact) mass is 547 g/mol. The first kappa shape index (κ1) is 26.3. The molecule has 1 heterocycles. The quantitative estimate of drug-likeness (QED) is 0.236. The zero-order chi connectivity index (χ0) is 28.4. The number of aromatic hydroxyl groups is 2. The molecule has 0 aromatic heterocycles. The summed E-state index contributed by atoms with van der Waals surface area (Å²) < 4.78 is 16.4.